The molecule has 8 unspecified atom stereocenters. The molecular formula is C24H35N3O3. The summed E-state index contributed by atoms with van der Waals surface area (Å²) in [5.74, 6) is 0.881. The number of carbonyl (C=O) groups is 2. The van der Waals surface area contributed by atoms with Gasteiger partial charge in [0, 0.05) is 11.3 Å². The van der Waals surface area contributed by atoms with Crippen LogP contribution in [0.25, 0.3) is 0 Å². The van der Waals surface area contributed by atoms with Gasteiger partial charge in [0.05, 0.1) is 29.7 Å². The largest absolute Gasteiger partial charge is 0.390 e. The lowest BCUT2D eigenvalue weighted by atomic mass is 9.45. The molecule has 0 aromatic carbocycles. The Morgan fingerprint density at radius 2 is 1.80 bits per heavy atom. The summed E-state index contributed by atoms with van der Waals surface area (Å²) in [5.41, 5.74) is 5.04. The molecule has 0 radical (unpaired) electrons. The number of nitriles is 1. The molecule has 6 fully saturated rings. The average Bonchev–Trinajstić information content (AvgIpc) is 3.32. The van der Waals surface area contributed by atoms with Crippen molar-refractivity contribution in [2.75, 3.05) is 0 Å². The highest BCUT2D eigenvalue weighted by Gasteiger charge is 2.64. The van der Waals surface area contributed by atoms with E-state index in [4.69, 9.17) is 5.73 Å². The number of nitrogens with one attached hydrogen (secondary N) is 1. The molecule has 6 nitrogen and oxygen atoms in total. The van der Waals surface area contributed by atoms with E-state index >= 15 is 0 Å². The second kappa shape index (κ2) is 6.77. The summed E-state index contributed by atoms with van der Waals surface area (Å²) in [5, 5.41) is 24.0. The summed E-state index contributed by atoms with van der Waals surface area (Å²) in [6, 6.07) is 1.08. The number of hydrogen-bond donors (Lipinski definition) is 3. The van der Waals surface area contributed by atoms with Crippen molar-refractivity contribution in [1.29, 1.82) is 5.26 Å². The molecule has 0 aromatic heterocycles. The number of hydrogen-bond acceptors (Lipinski definition) is 5. The normalized spacial score (nSPS) is 47.5. The molecule has 6 rings (SSSR count). The first-order chi connectivity index (χ1) is 14.1. The van der Waals surface area contributed by atoms with Crippen molar-refractivity contribution in [2.24, 2.45) is 52.6 Å². The maximum atomic E-state index is 14.0. The van der Waals surface area contributed by atoms with Crippen LogP contribution in [-0.2, 0) is 9.59 Å². The van der Waals surface area contributed by atoms with Gasteiger partial charge >= 0.3 is 0 Å². The predicted molar refractivity (Wildman–Crippen MR) is 111 cm³/mol. The monoisotopic (exact) mass is 413 g/mol. The second-order valence-electron chi connectivity index (χ2n) is 11.8. The van der Waals surface area contributed by atoms with Crippen LogP contribution in [0.4, 0.5) is 0 Å². The van der Waals surface area contributed by atoms with Crippen LogP contribution in [0.1, 0.15) is 65.2 Å². The van der Waals surface area contributed by atoms with Crippen molar-refractivity contribution in [3.8, 4) is 6.07 Å². The summed E-state index contributed by atoms with van der Waals surface area (Å²) in [6.45, 7) is 3.82. The lowest BCUT2D eigenvalue weighted by Gasteiger charge is -2.62. The predicted octanol–water partition coefficient (Wildman–Crippen LogP) is 2.15. The highest BCUT2D eigenvalue weighted by atomic mass is 16.3. The second-order valence-corrected chi connectivity index (χ2v) is 11.8. The quantitative estimate of drug-likeness (QED) is 0.617. The van der Waals surface area contributed by atoms with Crippen LogP contribution in [0.3, 0.4) is 0 Å². The van der Waals surface area contributed by atoms with Crippen LogP contribution in [0.15, 0.2) is 0 Å². The smallest absolute Gasteiger partial charge is 0.237 e. The zero-order valence-corrected chi connectivity index (χ0v) is 18.1. The number of fused-ring (bicyclic) bond motifs is 1. The summed E-state index contributed by atoms with van der Waals surface area (Å²) >= 11 is 0. The van der Waals surface area contributed by atoms with Crippen molar-refractivity contribution < 1.29 is 14.7 Å². The van der Waals surface area contributed by atoms with E-state index in [1.807, 2.05) is 13.8 Å². The first-order valence-corrected chi connectivity index (χ1v) is 11.9. The molecule has 4 N–H and O–H groups in total. The molecule has 0 aliphatic heterocycles. The van der Waals surface area contributed by atoms with Crippen molar-refractivity contribution in [3.05, 3.63) is 0 Å². The third-order valence-corrected chi connectivity index (χ3v) is 9.20. The Hall–Kier alpha value is -1.45. The fourth-order valence-electron chi connectivity index (χ4n) is 8.18. The Kier molecular flexibility index (Phi) is 4.62. The van der Waals surface area contributed by atoms with Gasteiger partial charge in [-0.25, -0.2) is 0 Å². The SMILES string of the molecule is CC(C)C(N)C(=O)NC(C(=O)C1C(C#N)CC2CC21)C12CC3CC(CC(O)(C3)C1)C2. The Balaban J connectivity index is 1.48. The number of amides is 1. The van der Waals surface area contributed by atoms with E-state index in [0.29, 0.717) is 30.1 Å². The van der Waals surface area contributed by atoms with Crippen molar-refractivity contribution in [3.63, 3.8) is 0 Å². The van der Waals surface area contributed by atoms with Crippen molar-refractivity contribution in [1.82, 2.24) is 5.32 Å². The third kappa shape index (κ3) is 3.12. The molecule has 4 bridgehead atoms. The van der Waals surface area contributed by atoms with E-state index in [2.05, 4.69) is 11.4 Å². The molecule has 164 valence electrons. The third-order valence-electron chi connectivity index (χ3n) is 9.20. The molecule has 8 atom stereocenters. The minimum Gasteiger partial charge on any atom is -0.390 e. The Bertz CT molecular complexity index is 788. The van der Waals surface area contributed by atoms with Gasteiger partial charge < -0.3 is 16.2 Å². The summed E-state index contributed by atoms with van der Waals surface area (Å²) in [4.78, 5) is 27.0. The van der Waals surface area contributed by atoms with E-state index < -0.39 is 23.1 Å². The highest BCUT2D eigenvalue weighted by Crippen LogP contribution is 2.64. The molecule has 6 saturated carbocycles. The van der Waals surface area contributed by atoms with Crippen LogP contribution in [0.2, 0.25) is 0 Å². The lowest BCUT2D eigenvalue weighted by molar-refractivity contribution is -0.179. The molecule has 1 amide bonds. The van der Waals surface area contributed by atoms with E-state index in [9.17, 15) is 20.0 Å². The molecule has 6 aliphatic carbocycles. The zero-order valence-electron chi connectivity index (χ0n) is 18.1. The van der Waals surface area contributed by atoms with Gasteiger partial charge in [-0.15, -0.1) is 0 Å². The van der Waals surface area contributed by atoms with Gasteiger partial charge in [0.25, 0.3) is 0 Å². The average molecular weight is 414 g/mol. The fraction of sp³-hybridized carbons (Fsp3) is 0.875. The van der Waals surface area contributed by atoms with Gasteiger partial charge in [-0.3, -0.25) is 9.59 Å². The van der Waals surface area contributed by atoms with Gasteiger partial charge in [0.1, 0.15) is 0 Å². The van der Waals surface area contributed by atoms with Crippen LogP contribution in [0, 0.1) is 58.2 Å². The molecule has 0 spiro atoms. The topological polar surface area (TPSA) is 116 Å². The van der Waals surface area contributed by atoms with Crippen LogP contribution >= 0.6 is 0 Å². The van der Waals surface area contributed by atoms with Crippen LogP contribution in [0.5, 0.6) is 0 Å². The standard InChI is InChI=1S/C24H35N3O3/c1-12(2)19(26)22(29)27-21(20(28)18-16(10-25)4-15-5-17(15)18)23-6-13-3-14(7-23)9-24(30,8-13)11-23/h12-19,21,30H,3-9,11,26H2,1-2H3,(H,27,29). The number of aliphatic hydroxyl groups is 1. The minimum absolute atomic E-state index is 0.0209. The van der Waals surface area contributed by atoms with Crippen LogP contribution in [-0.4, -0.2) is 34.5 Å². The van der Waals surface area contributed by atoms with Gasteiger partial charge in [-0.2, -0.15) is 5.26 Å². The fourth-order valence-corrected chi connectivity index (χ4v) is 8.18. The molecule has 30 heavy (non-hydrogen) atoms. The molecular weight excluding hydrogens is 378 g/mol. The highest BCUT2D eigenvalue weighted by molar-refractivity contribution is 5.94. The van der Waals surface area contributed by atoms with Gasteiger partial charge in [-0.05, 0) is 81.0 Å². The number of nitrogens with zero attached hydrogens (tertiary/aromatic N) is 1. The van der Waals surface area contributed by atoms with E-state index in [0.717, 1.165) is 44.9 Å². The number of nitrogens with two attached hydrogens (primary N) is 1. The maximum absolute atomic E-state index is 14.0. The van der Waals surface area contributed by atoms with Crippen LogP contribution < -0.4 is 11.1 Å². The summed E-state index contributed by atoms with van der Waals surface area (Å²) < 4.78 is 0. The van der Waals surface area contributed by atoms with E-state index in [1.54, 1.807) is 0 Å². The summed E-state index contributed by atoms with van der Waals surface area (Å²) in [7, 11) is 0. The molecule has 6 aliphatic rings. The Morgan fingerprint density at radius 1 is 1.13 bits per heavy atom. The Morgan fingerprint density at radius 3 is 2.37 bits per heavy atom. The molecule has 0 heterocycles. The number of Topliss-reactive ketones (excluding diaryl/α,β-unsaturated/α-hetero) is 1. The molecule has 0 aromatic rings. The number of carbonyl (C=O) groups excluding carboxylic acids is 2. The first-order valence-electron chi connectivity index (χ1n) is 11.9. The van der Waals surface area contributed by atoms with Crippen molar-refractivity contribution in [2.45, 2.75) is 82.9 Å². The van der Waals surface area contributed by atoms with E-state index in [-0.39, 0.29) is 29.4 Å². The Labute approximate surface area is 179 Å². The molecule has 6 heteroatoms. The molecule has 0 saturated heterocycles. The van der Waals surface area contributed by atoms with Crippen molar-refractivity contribution >= 4 is 11.7 Å². The van der Waals surface area contributed by atoms with Gasteiger partial charge in [0.2, 0.25) is 5.91 Å². The maximum Gasteiger partial charge on any atom is 0.237 e. The first kappa shape index (κ1) is 20.5. The van der Waals surface area contributed by atoms with E-state index in [1.165, 1.54) is 0 Å². The minimum atomic E-state index is -0.708. The number of rotatable bonds is 6. The van der Waals surface area contributed by atoms with Gasteiger partial charge in [-0.1, -0.05) is 13.8 Å². The lowest BCUT2D eigenvalue weighted by Crippen LogP contribution is -2.66. The number of ketones is 1. The zero-order chi connectivity index (χ0) is 21.4. The summed E-state index contributed by atoms with van der Waals surface area (Å²) in [6.07, 6.45) is 6.96. The van der Waals surface area contributed by atoms with Gasteiger partial charge in [0.15, 0.2) is 5.78 Å².